The van der Waals surface area contributed by atoms with Gasteiger partial charge in [0.1, 0.15) is 5.75 Å². The van der Waals surface area contributed by atoms with Gasteiger partial charge in [-0.15, -0.1) is 0 Å². The van der Waals surface area contributed by atoms with Crippen molar-refractivity contribution in [3.8, 4) is 5.75 Å². The van der Waals surface area contributed by atoms with Crippen molar-refractivity contribution in [2.24, 2.45) is 5.92 Å². The van der Waals surface area contributed by atoms with Gasteiger partial charge in [-0.2, -0.15) is 0 Å². The highest BCUT2D eigenvalue weighted by Gasteiger charge is 2.09. The third-order valence-corrected chi connectivity index (χ3v) is 4.56. The maximum absolute atomic E-state index is 12.1. The Morgan fingerprint density at radius 3 is 2.28 bits per heavy atom. The van der Waals surface area contributed by atoms with Crippen LogP contribution in [0, 0.1) is 12.8 Å². The number of hydrogen-bond acceptors (Lipinski definition) is 2. The van der Waals surface area contributed by atoms with Gasteiger partial charge in [0.05, 0.1) is 5.56 Å². The maximum Gasteiger partial charge on any atom is 0.343 e. The van der Waals surface area contributed by atoms with E-state index in [9.17, 15) is 4.79 Å². The smallest absolute Gasteiger partial charge is 0.343 e. The van der Waals surface area contributed by atoms with Gasteiger partial charge in [-0.1, -0.05) is 75.8 Å². The molecule has 0 heterocycles. The van der Waals surface area contributed by atoms with E-state index >= 15 is 0 Å². The molecule has 1 unspecified atom stereocenters. The summed E-state index contributed by atoms with van der Waals surface area (Å²) >= 11 is 0. The lowest BCUT2D eigenvalue weighted by molar-refractivity contribution is 0.0734. The molecular formula is C23H30O2. The summed E-state index contributed by atoms with van der Waals surface area (Å²) in [6, 6.07) is 15.4. The Hall–Kier alpha value is -2.09. The van der Waals surface area contributed by atoms with Gasteiger partial charge in [0, 0.05) is 0 Å². The largest absolute Gasteiger partial charge is 0.423 e. The normalized spacial score (nSPS) is 12.0. The van der Waals surface area contributed by atoms with E-state index in [2.05, 4.69) is 26.0 Å². The van der Waals surface area contributed by atoms with Crippen molar-refractivity contribution in [2.45, 2.75) is 59.3 Å². The van der Waals surface area contributed by atoms with E-state index in [1.54, 1.807) is 12.1 Å². The number of carbonyl (C=O) groups excluding carboxylic acids is 1. The van der Waals surface area contributed by atoms with Crippen LogP contribution in [0.4, 0.5) is 0 Å². The average molecular weight is 338 g/mol. The summed E-state index contributed by atoms with van der Waals surface area (Å²) in [5, 5.41) is 0. The van der Waals surface area contributed by atoms with Gasteiger partial charge in [-0.25, -0.2) is 4.79 Å². The van der Waals surface area contributed by atoms with Gasteiger partial charge in [-0.3, -0.25) is 0 Å². The first-order valence-electron chi connectivity index (χ1n) is 9.46. The zero-order valence-corrected chi connectivity index (χ0v) is 15.8. The standard InChI is InChI=1S/C23H30O2/c1-4-5-6-7-8-19(3)17-20-11-15-22(16-12-20)25-23(24)21-13-9-18(2)10-14-21/h9-16,19H,4-8,17H2,1-3H3. The van der Waals surface area contributed by atoms with Crippen LogP contribution >= 0.6 is 0 Å². The Kier molecular flexibility index (Phi) is 7.72. The van der Waals surface area contributed by atoms with Crippen LogP contribution < -0.4 is 4.74 Å². The molecule has 2 heteroatoms. The Bertz CT molecular complexity index is 641. The van der Waals surface area contributed by atoms with Crippen molar-refractivity contribution < 1.29 is 9.53 Å². The van der Waals surface area contributed by atoms with E-state index in [-0.39, 0.29) is 5.97 Å². The number of esters is 1. The number of benzene rings is 2. The van der Waals surface area contributed by atoms with E-state index in [4.69, 9.17) is 4.74 Å². The van der Waals surface area contributed by atoms with Gasteiger partial charge in [0.2, 0.25) is 0 Å². The third-order valence-electron chi connectivity index (χ3n) is 4.56. The molecule has 0 aliphatic heterocycles. The summed E-state index contributed by atoms with van der Waals surface area (Å²) in [5.74, 6) is 0.986. The fourth-order valence-electron chi connectivity index (χ4n) is 2.97. The molecule has 0 saturated carbocycles. The molecule has 0 aliphatic carbocycles. The Morgan fingerprint density at radius 1 is 0.960 bits per heavy atom. The molecule has 134 valence electrons. The van der Waals surface area contributed by atoms with Crippen molar-refractivity contribution in [3.63, 3.8) is 0 Å². The second kappa shape index (κ2) is 10.0. The maximum atomic E-state index is 12.1. The number of unbranched alkanes of at least 4 members (excludes halogenated alkanes) is 3. The first-order valence-corrected chi connectivity index (χ1v) is 9.46. The second-order valence-corrected chi connectivity index (χ2v) is 7.06. The van der Waals surface area contributed by atoms with Crippen LogP contribution in [0.5, 0.6) is 5.75 Å². The third kappa shape index (κ3) is 6.74. The molecule has 2 rings (SSSR count). The van der Waals surface area contributed by atoms with Gasteiger partial charge in [-0.05, 0) is 49.1 Å². The summed E-state index contributed by atoms with van der Waals surface area (Å²) in [6.07, 6.45) is 7.66. The highest BCUT2D eigenvalue weighted by Crippen LogP contribution is 2.19. The minimum Gasteiger partial charge on any atom is -0.423 e. The summed E-state index contributed by atoms with van der Waals surface area (Å²) in [7, 11) is 0. The summed E-state index contributed by atoms with van der Waals surface area (Å²) in [4.78, 5) is 12.1. The van der Waals surface area contributed by atoms with Crippen molar-refractivity contribution in [1.29, 1.82) is 0 Å². The zero-order valence-electron chi connectivity index (χ0n) is 15.8. The van der Waals surface area contributed by atoms with E-state index in [0.29, 0.717) is 17.2 Å². The van der Waals surface area contributed by atoms with Crippen LogP contribution in [0.3, 0.4) is 0 Å². The molecule has 0 spiro atoms. The molecule has 0 saturated heterocycles. The van der Waals surface area contributed by atoms with Gasteiger partial charge in [0.15, 0.2) is 0 Å². The molecule has 25 heavy (non-hydrogen) atoms. The summed E-state index contributed by atoms with van der Waals surface area (Å²) < 4.78 is 5.45. The van der Waals surface area contributed by atoms with Crippen molar-refractivity contribution in [3.05, 3.63) is 65.2 Å². The number of ether oxygens (including phenoxy) is 1. The van der Waals surface area contributed by atoms with Crippen LogP contribution in [0.1, 0.15) is 67.4 Å². The summed E-state index contributed by atoms with van der Waals surface area (Å²) in [5.41, 5.74) is 3.01. The van der Waals surface area contributed by atoms with Crippen LogP contribution in [0.2, 0.25) is 0 Å². The van der Waals surface area contributed by atoms with Crippen molar-refractivity contribution in [2.75, 3.05) is 0 Å². The van der Waals surface area contributed by atoms with Crippen molar-refractivity contribution >= 4 is 5.97 Å². The quantitative estimate of drug-likeness (QED) is 0.302. The first kappa shape index (κ1) is 19.2. The highest BCUT2D eigenvalue weighted by atomic mass is 16.5. The van der Waals surface area contributed by atoms with E-state index < -0.39 is 0 Å². The Balaban J connectivity index is 1.82. The molecule has 0 amide bonds. The second-order valence-electron chi connectivity index (χ2n) is 7.06. The van der Waals surface area contributed by atoms with E-state index in [1.165, 1.54) is 37.7 Å². The van der Waals surface area contributed by atoms with Crippen LogP contribution in [-0.2, 0) is 6.42 Å². The number of carbonyl (C=O) groups is 1. The predicted molar refractivity (Wildman–Crippen MR) is 104 cm³/mol. The van der Waals surface area contributed by atoms with Crippen LogP contribution in [0.15, 0.2) is 48.5 Å². The molecule has 2 aromatic carbocycles. The van der Waals surface area contributed by atoms with E-state index in [0.717, 1.165) is 12.0 Å². The Labute approximate surface area is 152 Å². The molecule has 0 N–H and O–H groups in total. The molecule has 0 radical (unpaired) electrons. The molecule has 0 fully saturated rings. The lowest BCUT2D eigenvalue weighted by Crippen LogP contribution is -2.08. The fraction of sp³-hybridized carbons (Fsp3) is 0.435. The minimum absolute atomic E-state index is 0.308. The SMILES string of the molecule is CCCCCCC(C)Cc1ccc(OC(=O)c2ccc(C)cc2)cc1. The molecule has 0 bridgehead atoms. The lowest BCUT2D eigenvalue weighted by atomic mass is 9.95. The molecule has 2 aromatic rings. The van der Waals surface area contributed by atoms with Gasteiger partial charge < -0.3 is 4.74 Å². The Morgan fingerprint density at radius 2 is 1.64 bits per heavy atom. The number of rotatable bonds is 9. The number of aryl methyl sites for hydroxylation is 1. The number of hydrogen-bond donors (Lipinski definition) is 0. The molecule has 0 aliphatic rings. The van der Waals surface area contributed by atoms with Crippen LogP contribution in [0.25, 0.3) is 0 Å². The lowest BCUT2D eigenvalue weighted by Gasteiger charge is -2.12. The predicted octanol–water partition coefficient (Wildman–Crippen LogP) is 6.36. The molecule has 0 aromatic heterocycles. The van der Waals surface area contributed by atoms with E-state index in [1.807, 2.05) is 31.2 Å². The summed E-state index contributed by atoms with van der Waals surface area (Å²) in [6.45, 7) is 6.56. The van der Waals surface area contributed by atoms with Gasteiger partial charge in [0.25, 0.3) is 0 Å². The van der Waals surface area contributed by atoms with Gasteiger partial charge >= 0.3 is 5.97 Å². The molecule has 2 nitrogen and oxygen atoms in total. The van der Waals surface area contributed by atoms with Crippen molar-refractivity contribution in [1.82, 2.24) is 0 Å². The zero-order chi connectivity index (χ0) is 18.1. The topological polar surface area (TPSA) is 26.3 Å². The van der Waals surface area contributed by atoms with Crippen LogP contribution in [-0.4, -0.2) is 5.97 Å². The first-order chi connectivity index (χ1) is 12.1. The molecule has 1 atom stereocenters. The average Bonchev–Trinajstić information content (AvgIpc) is 2.61. The highest BCUT2D eigenvalue weighted by molar-refractivity contribution is 5.91. The molecular weight excluding hydrogens is 308 g/mol. The monoisotopic (exact) mass is 338 g/mol. The fourth-order valence-corrected chi connectivity index (χ4v) is 2.97. The minimum atomic E-state index is -0.308.